The number of nitrogens with one attached hydrogen (secondary N) is 1. The fraction of sp³-hybridized carbons (Fsp3) is 0.300. The van der Waals surface area contributed by atoms with Crippen molar-refractivity contribution in [2.24, 2.45) is 0 Å². The molecule has 1 aromatic carbocycles. The summed E-state index contributed by atoms with van der Waals surface area (Å²) in [4.78, 5) is 43.7. The lowest BCUT2D eigenvalue weighted by Crippen LogP contribution is -2.50. The van der Waals surface area contributed by atoms with Crippen LogP contribution in [0.4, 0.5) is 5.69 Å². The number of ether oxygens (including phenoxy) is 1. The molecule has 9 heteroatoms. The van der Waals surface area contributed by atoms with Gasteiger partial charge >= 0.3 is 5.97 Å². The first-order chi connectivity index (χ1) is 14.0. The zero-order valence-corrected chi connectivity index (χ0v) is 16.5. The molecule has 0 spiro atoms. The second-order valence-corrected chi connectivity index (χ2v) is 6.84. The molecule has 3 rings (SSSR count). The summed E-state index contributed by atoms with van der Waals surface area (Å²) < 4.78 is 4.97. The highest BCUT2D eigenvalue weighted by Crippen LogP contribution is 2.15. The first kappa shape index (κ1) is 20.6. The number of esters is 1. The van der Waals surface area contributed by atoms with Crippen molar-refractivity contribution in [3.8, 4) is 0 Å². The van der Waals surface area contributed by atoms with E-state index in [1.54, 1.807) is 4.90 Å². The molecule has 8 nitrogen and oxygen atoms in total. The SMILES string of the molecule is O=C(CNC(=O)c1cc(Cl)ccn1)OCC(=O)N1CCN(c2ccccc2)CC1. The van der Waals surface area contributed by atoms with Crippen LogP contribution in [0.15, 0.2) is 48.7 Å². The summed E-state index contributed by atoms with van der Waals surface area (Å²) in [5.74, 6) is -1.50. The van der Waals surface area contributed by atoms with Gasteiger partial charge in [-0.25, -0.2) is 0 Å². The van der Waals surface area contributed by atoms with E-state index >= 15 is 0 Å². The number of rotatable bonds is 6. The van der Waals surface area contributed by atoms with Gasteiger partial charge < -0.3 is 19.9 Å². The number of pyridine rings is 1. The zero-order valence-electron chi connectivity index (χ0n) is 15.7. The van der Waals surface area contributed by atoms with Crippen LogP contribution in [0.5, 0.6) is 0 Å². The number of carbonyl (C=O) groups excluding carboxylic acids is 3. The molecule has 1 aliphatic heterocycles. The Hall–Kier alpha value is -3.13. The molecule has 2 amide bonds. The Kier molecular flexibility index (Phi) is 7.02. The lowest BCUT2D eigenvalue weighted by molar-refractivity contribution is -0.151. The predicted octanol–water partition coefficient (Wildman–Crippen LogP) is 1.36. The average molecular weight is 417 g/mol. The maximum atomic E-state index is 12.3. The molecule has 1 saturated heterocycles. The quantitative estimate of drug-likeness (QED) is 0.715. The van der Waals surface area contributed by atoms with Crippen molar-refractivity contribution < 1.29 is 19.1 Å². The number of nitrogens with zero attached hydrogens (tertiary/aromatic N) is 3. The summed E-state index contributed by atoms with van der Waals surface area (Å²) in [7, 11) is 0. The van der Waals surface area contributed by atoms with Crippen LogP contribution >= 0.6 is 11.6 Å². The van der Waals surface area contributed by atoms with Gasteiger partial charge in [-0.2, -0.15) is 0 Å². The van der Waals surface area contributed by atoms with Crippen molar-refractivity contribution in [3.63, 3.8) is 0 Å². The monoisotopic (exact) mass is 416 g/mol. The van der Waals surface area contributed by atoms with Crippen molar-refractivity contribution in [3.05, 3.63) is 59.4 Å². The van der Waals surface area contributed by atoms with Crippen LogP contribution < -0.4 is 10.2 Å². The normalized spacial score (nSPS) is 13.7. The second kappa shape index (κ2) is 9.88. The smallest absolute Gasteiger partial charge is 0.325 e. The number of hydrogen-bond donors (Lipinski definition) is 1. The van der Waals surface area contributed by atoms with E-state index in [9.17, 15) is 14.4 Å². The van der Waals surface area contributed by atoms with Gasteiger partial charge in [-0.15, -0.1) is 0 Å². The number of aromatic nitrogens is 1. The molecule has 152 valence electrons. The third-order valence-electron chi connectivity index (χ3n) is 4.46. The third-order valence-corrected chi connectivity index (χ3v) is 4.69. The van der Waals surface area contributed by atoms with Gasteiger partial charge in [-0.3, -0.25) is 19.4 Å². The third kappa shape index (κ3) is 5.92. The van der Waals surface area contributed by atoms with E-state index in [1.807, 2.05) is 30.3 Å². The van der Waals surface area contributed by atoms with Gasteiger partial charge in [0.05, 0.1) is 0 Å². The summed E-state index contributed by atoms with van der Waals surface area (Å²) in [5, 5.41) is 2.75. The van der Waals surface area contributed by atoms with E-state index in [-0.39, 0.29) is 24.8 Å². The number of anilines is 1. The van der Waals surface area contributed by atoms with Crippen LogP contribution in [0.1, 0.15) is 10.5 Å². The molecular weight excluding hydrogens is 396 g/mol. The van der Waals surface area contributed by atoms with Crippen LogP contribution in [-0.4, -0.2) is 67.0 Å². The minimum Gasteiger partial charge on any atom is -0.454 e. The van der Waals surface area contributed by atoms with Gasteiger partial charge in [-0.1, -0.05) is 29.8 Å². The van der Waals surface area contributed by atoms with Crippen LogP contribution in [0, 0.1) is 0 Å². The highest BCUT2D eigenvalue weighted by Gasteiger charge is 2.22. The summed E-state index contributed by atoms with van der Waals surface area (Å²) >= 11 is 5.80. The van der Waals surface area contributed by atoms with E-state index in [0.717, 1.165) is 5.69 Å². The molecule has 0 unspecified atom stereocenters. The van der Waals surface area contributed by atoms with Gasteiger partial charge in [0.15, 0.2) is 6.61 Å². The number of hydrogen-bond acceptors (Lipinski definition) is 6. The van der Waals surface area contributed by atoms with Gasteiger partial charge in [0.2, 0.25) is 0 Å². The molecule has 0 radical (unpaired) electrons. The fourth-order valence-electron chi connectivity index (χ4n) is 2.91. The first-order valence-corrected chi connectivity index (χ1v) is 9.54. The number of halogens is 1. The standard InChI is InChI=1S/C20H21ClN4O4/c21-15-6-7-22-17(12-15)20(28)23-13-19(27)29-14-18(26)25-10-8-24(9-11-25)16-4-2-1-3-5-16/h1-7,12H,8-11,13-14H2,(H,23,28). The van der Waals surface area contributed by atoms with Gasteiger partial charge in [0.25, 0.3) is 11.8 Å². The van der Waals surface area contributed by atoms with Gasteiger partial charge in [-0.05, 0) is 24.3 Å². The summed E-state index contributed by atoms with van der Waals surface area (Å²) in [5.41, 5.74) is 1.22. The molecule has 1 aromatic heterocycles. The molecule has 0 saturated carbocycles. The average Bonchev–Trinajstić information content (AvgIpc) is 2.76. The molecule has 0 aliphatic carbocycles. The summed E-state index contributed by atoms with van der Waals surface area (Å²) in [6.07, 6.45) is 1.39. The number of piperazine rings is 1. The van der Waals surface area contributed by atoms with Crippen LogP contribution in [-0.2, 0) is 14.3 Å². The number of benzene rings is 1. The van der Waals surface area contributed by atoms with Crippen LogP contribution in [0.2, 0.25) is 5.02 Å². The van der Waals surface area contributed by atoms with Crippen molar-refractivity contribution in [1.82, 2.24) is 15.2 Å². The van der Waals surface area contributed by atoms with Gasteiger partial charge in [0.1, 0.15) is 12.2 Å². The summed E-state index contributed by atoms with van der Waals surface area (Å²) in [6, 6.07) is 12.9. The molecule has 2 aromatic rings. The molecule has 1 fully saturated rings. The first-order valence-electron chi connectivity index (χ1n) is 9.16. The van der Waals surface area contributed by atoms with E-state index < -0.39 is 11.9 Å². The predicted molar refractivity (Wildman–Crippen MR) is 108 cm³/mol. The molecule has 1 aliphatic rings. The fourth-order valence-corrected chi connectivity index (χ4v) is 3.07. The lowest BCUT2D eigenvalue weighted by Gasteiger charge is -2.36. The molecular formula is C20H21ClN4O4. The molecule has 0 bridgehead atoms. The van der Waals surface area contributed by atoms with E-state index in [0.29, 0.717) is 31.2 Å². The number of para-hydroxylation sites is 1. The Morgan fingerprint density at radius 1 is 1.07 bits per heavy atom. The van der Waals surface area contributed by atoms with Crippen molar-refractivity contribution in [1.29, 1.82) is 0 Å². The minimum atomic E-state index is -0.698. The highest BCUT2D eigenvalue weighted by molar-refractivity contribution is 6.30. The Morgan fingerprint density at radius 3 is 2.48 bits per heavy atom. The number of carbonyl (C=O) groups is 3. The van der Waals surface area contributed by atoms with E-state index in [2.05, 4.69) is 15.2 Å². The Labute approximate surface area is 173 Å². The minimum absolute atomic E-state index is 0.0951. The molecule has 0 atom stereocenters. The van der Waals surface area contributed by atoms with Crippen molar-refractivity contribution >= 4 is 35.1 Å². The molecule has 29 heavy (non-hydrogen) atoms. The van der Waals surface area contributed by atoms with Crippen LogP contribution in [0.25, 0.3) is 0 Å². The zero-order chi connectivity index (χ0) is 20.6. The van der Waals surface area contributed by atoms with E-state index in [4.69, 9.17) is 16.3 Å². The Bertz CT molecular complexity index is 870. The Morgan fingerprint density at radius 2 is 1.79 bits per heavy atom. The summed E-state index contributed by atoms with van der Waals surface area (Å²) in [6.45, 7) is 1.83. The maximum Gasteiger partial charge on any atom is 0.325 e. The maximum absolute atomic E-state index is 12.3. The van der Waals surface area contributed by atoms with Crippen LogP contribution in [0.3, 0.4) is 0 Å². The van der Waals surface area contributed by atoms with Crippen molar-refractivity contribution in [2.45, 2.75) is 0 Å². The molecule has 2 heterocycles. The van der Waals surface area contributed by atoms with Crippen molar-refractivity contribution in [2.75, 3.05) is 44.2 Å². The molecule has 1 N–H and O–H groups in total. The lowest BCUT2D eigenvalue weighted by atomic mass is 10.2. The number of amides is 2. The van der Waals surface area contributed by atoms with Gasteiger partial charge in [0, 0.05) is 43.1 Å². The van der Waals surface area contributed by atoms with E-state index in [1.165, 1.54) is 18.3 Å². The highest BCUT2D eigenvalue weighted by atomic mass is 35.5. The second-order valence-electron chi connectivity index (χ2n) is 6.41. The Balaban J connectivity index is 1.37. The topological polar surface area (TPSA) is 91.8 Å². The largest absolute Gasteiger partial charge is 0.454 e.